The SMILES string of the molecule is O=C(/C=C(\O)C(=O)O)Nc1cccc(Cl)c1. The first-order valence-corrected chi connectivity index (χ1v) is 4.57. The van der Waals surface area contributed by atoms with Gasteiger partial charge in [-0.15, -0.1) is 0 Å². The Labute approximate surface area is 96.0 Å². The third-order valence-corrected chi connectivity index (χ3v) is 1.81. The summed E-state index contributed by atoms with van der Waals surface area (Å²) in [6.07, 6.45) is 0.573. The van der Waals surface area contributed by atoms with E-state index in [0.29, 0.717) is 16.8 Å². The summed E-state index contributed by atoms with van der Waals surface area (Å²) in [6, 6.07) is 6.32. The summed E-state index contributed by atoms with van der Waals surface area (Å²) < 4.78 is 0. The zero-order chi connectivity index (χ0) is 12.1. The van der Waals surface area contributed by atoms with Crippen molar-refractivity contribution in [2.45, 2.75) is 0 Å². The van der Waals surface area contributed by atoms with E-state index in [4.69, 9.17) is 21.8 Å². The summed E-state index contributed by atoms with van der Waals surface area (Å²) in [5.74, 6) is -3.34. The molecule has 16 heavy (non-hydrogen) atoms. The lowest BCUT2D eigenvalue weighted by atomic mass is 10.3. The van der Waals surface area contributed by atoms with E-state index in [1.54, 1.807) is 18.2 Å². The number of hydrogen-bond donors (Lipinski definition) is 3. The van der Waals surface area contributed by atoms with Crippen molar-refractivity contribution >= 4 is 29.2 Å². The molecule has 1 aromatic carbocycles. The number of anilines is 1. The molecule has 1 aromatic rings. The minimum absolute atomic E-state index is 0.409. The molecule has 1 amide bonds. The first kappa shape index (κ1) is 12.1. The van der Waals surface area contributed by atoms with Gasteiger partial charge in [0.25, 0.3) is 5.91 Å². The molecule has 0 aromatic heterocycles. The molecule has 0 fully saturated rings. The molecule has 0 unspecified atom stereocenters. The fourth-order valence-corrected chi connectivity index (χ4v) is 1.12. The van der Waals surface area contributed by atoms with Crippen LogP contribution >= 0.6 is 11.6 Å². The second-order valence-electron chi connectivity index (χ2n) is 2.83. The lowest BCUT2D eigenvalue weighted by Gasteiger charge is -2.02. The molecule has 0 spiro atoms. The predicted molar refractivity (Wildman–Crippen MR) is 58.4 cm³/mol. The van der Waals surface area contributed by atoms with E-state index in [0.717, 1.165) is 0 Å². The zero-order valence-corrected chi connectivity index (χ0v) is 8.73. The quantitative estimate of drug-likeness (QED) is 0.556. The molecule has 0 aliphatic rings. The van der Waals surface area contributed by atoms with Gasteiger partial charge >= 0.3 is 5.97 Å². The van der Waals surface area contributed by atoms with Gasteiger partial charge in [0.15, 0.2) is 0 Å². The average Bonchev–Trinajstić information content (AvgIpc) is 2.16. The largest absolute Gasteiger partial charge is 0.502 e. The van der Waals surface area contributed by atoms with E-state index >= 15 is 0 Å². The van der Waals surface area contributed by atoms with Gasteiger partial charge in [0.05, 0.1) is 6.08 Å². The van der Waals surface area contributed by atoms with Crippen LogP contribution in [0.4, 0.5) is 5.69 Å². The smallest absolute Gasteiger partial charge is 0.371 e. The van der Waals surface area contributed by atoms with Gasteiger partial charge < -0.3 is 15.5 Å². The number of nitrogens with one attached hydrogen (secondary N) is 1. The average molecular weight is 242 g/mol. The van der Waals surface area contributed by atoms with Gasteiger partial charge in [-0.2, -0.15) is 0 Å². The number of rotatable bonds is 3. The maximum atomic E-state index is 11.2. The molecule has 0 radical (unpaired) electrons. The molecule has 5 nitrogen and oxygen atoms in total. The summed E-state index contributed by atoms with van der Waals surface area (Å²) >= 11 is 5.67. The minimum Gasteiger partial charge on any atom is -0.502 e. The first-order chi connectivity index (χ1) is 7.49. The fourth-order valence-electron chi connectivity index (χ4n) is 0.930. The molecular weight excluding hydrogens is 234 g/mol. The number of carboxylic acids is 1. The lowest BCUT2D eigenvalue weighted by Crippen LogP contribution is -2.11. The molecule has 0 heterocycles. The summed E-state index contributed by atoms with van der Waals surface area (Å²) in [5.41, 5.74) is 0.409. The molecule has 0 saturated heterocycles. The number of carbonyl (C=O) groups excluding carboxylic acids is 1. The van der Waals surface area contributed by atoms with Gasteiger partial charge in [0.2, 0.25) is 5.76 Å². The highest BCUT2D eigenvalue weighted by molar-refractivity contribution is 6.30. The van der Waals surface area contributed by atoms with Crippen LogP contribution in [0.15, 0.2) is 36.1 Å². The van der Waals surface area contributed by atoms with Crippen molar-refractivity contribution < 1.29 is 19.8 Å². The maximum absolute atomic E-state index is 11.2. The van der Waals surface area contributed by atoms with Gasteiger partial charge in [-0.3, -0.25) is 4.79 Å². The monoisotopic (exact) mass is 241 g/mol. The Morgan fingerprint density at radius 3 is 2.56 bits per heavy atom. The first-order valence-electron chi connectivity index (χ1n) is 4.19. The van der Waals surface area contributed by atoms with Crippen LogP contribution in [0.2, 0.25) is 5.02 Å². The van der Waals surface area contributed by atoms with Crippen LogP contribution in [0.5, 0.6) is 0 Å². The second-order valence-corrected chi connectivity index (χ2v) is 3.27. The number of halogens is 1. The van der Waals surface area contributed by atoms with E-state index < -0.39 is 17.6 Å². The Bertz CT molecular complexity index is 456. The van der Waals surface area contributed by atoms with Crippen LogP contribution in [0, 0.1) is 0 Å². The molecule has 0 aliphatic carbocycles. The minimum atomic E-state index is -1.57. The van der Waals surface area contributed by atoms with Crippen LogP contribution in [-0.2, 0) is 9.59 Å². The zero-order valence-electron chi connectivity index (χ0n) is 7.98. The van der Waals surface area contributed by atoms with Crippen LogP contribution in [0.3, 0.4) is 0 Å². The number of aliphatic hydroxyl groups excluding tert-OH is 1. The van der Waals surface area contributed by atoms with Gasteiger partial charge in [-0.25, -0.2) is 4.79 Å². The highest BCUT2D eigenvalue weighted by atomic mass is 35.5. The summed E-state index contributed by atoms with van der Waals surface area (Å²) in [6.45, 7) is 0. The third-order valence-electron chi connectivity index (χ3n) is 1.58. The number of carbonyl (C=O) groups is 2. The van der Waals surface area contributed by atoms with Crippen molar-refractivity contribution in [2.24, 2.45) is 0 Å². The van der Waals surface area contributed by atoms with Crippen molar-refractivity contribution in [1.29, 1.82) is 0 Å². The Kier molecular flexibility index (Phi) is 3.90. The van der Waals surface area contributed by atoms with E-state index in [-0.39, 0.29) is 0 Å². The van der Waals surface area contributed by atoms with Gasteiger partial charge in [-0.1, -0.05) is 17.7 Å². The van der Waals surface area contributed by atoms with Gasteiger partial charge in [0, 0.05) is 10.7 Å². The number of amides is 1. The Morgan fingerprint density at radius 1 is 1.31 bits per heavy atom. The molecule has 1 rings (SSSR count). The number of aliphatic carboxylic acids is 1. The van der Waals surface area contributed by atoms with Crippen molar-refractivity contribution in [2.75, 3.05) is 5.32 Å². The van der Waals surface area contributed by atoms with Crippen molar-refractivity contribution in [1.82, 2.24) is 0 Å². The molecule has 3 N–H and O–H groups in total. The highest BCUT2D eigenvalue weighted by Crippen LogP contribution is 2.14. The Morgan fingerprint density at radius 2 is 2.00 bits per heavy atom. The molecule has 0 bridgehead atoms. The standard InChI is InChI=1S/C10H8ClNO4/c11-6-2-1-3-7(4-6)12-9(14)5-8(13)10(15)16/h1-5,13H,(H,12,14)(H,15,16)/b8-5-. The van der Waals surface area contributed by atoms with E-state index in [1.165, 1.54) is 6.07 Å². The number of hydrogen-bond acceptors (Lipinski definition) is 3. The van der Waals surface area contributed by atoms with Gasteiger partial charge in [-0.05, 0) is 18.2 Å². The number of carboxylic acid groups (broad SMARTS) is 1. The van der Waals surface area contributed by atoms with Crippen LogP contribution in [-0.4, -0.2) is 22.1 Å². The normalized spacial score (nSPS) is 10.9. The summed E-state index contributed by atoms with van der Waals surface area (Å²) in [4.78, 5) is 21.4. The maximum Gasteiger partial charge on any atom is 0.371 e. The summed E-state index contributed by atoms with van der Waals surface area (Å²) in [7, 11) is 0. The Hall–Kier alpha value is -2.01. The van der Waals surface area contributed by atoms with Crippen molar-refractivity contribution in [3.63, 3.8) is 0 Å². The molecule has 84 valence electrons. The third kappa shape index (κ3) is 3.62. The van der Waals surface area contributed by atoms with Gasteiger partial charge in [0.1, 0.15) is 0 Å². The van der Waals surface area contributed by atoms with Crippen molar-refractivity contribution in [3.05, 3.63) is 41.1 Å². The fraction of sp³-hybridized carbons (Fsp3) is 0. The molecule has 0 atom stereocenters. The molecule has 0 saturated carbocycles. The van der Waals surface area contributed by atoms with Crippen LogP contribution < -0.4 is 5.32 Å². The second kappa shape index (κ2) is 5.18. The topological polar surface area (TPSA) is 86.6 Å². The molecular formula is C10H8ClNO4. The van der Waals surface area contributed by atoms with E-state index in [9.17, 15) is 9.59 Å². The number of aliphatic hydroxyl groups is 1. The van der Waals surface area contributed by atoms with Crippen LogP contribution in [0.1, 0.15) is 0 Å². The van der Waals surface area contributed by atoms with E-state index in [1.807, 2.05) is 0 Å². The lowest BCUT2D eigenvalue weighted by molar-refractivity contribution is -0.135. The number of benzene rings is 1. The van der Waals surface area contributed by atoms with Crippen LogP contribution in [0.25, 0.3) is 0 Å². The summed E-state index contributed by atoms with van der Waals surface area (Å²) in [5, 5.41) is 19.9. The molecule has 6 heteroatoms. The highest BCUT2D eigenvalue weighted by Gasteiger charge is 2.07. The van der Waals surface area contributed by atoms with E-state index in [2.05, 4.69) is 5.32 Å². The van der Waals surface area contributed by atoms with Crippen molar-refractivity contribution in [3.8, 4) is 0 Å². The predicted octanol–water partition coefficient (Wildman–Crippen LogP) is 1.80. The molecule has 0 aliphatic heterocycles. The Balaban J connectivity index is 2.72.